The van der Waals surface area contributed by atoms with Crippen LogP contribution in [0.2, 0.25) is 0 Å². The number of hydrogen-bond acceptors (Lipinski definition) is 7. The number of nitrogens with one attached hydrogen (secondary N) is 1. The van der Waals surface area contributed by atoms with E-state index in [4.69, 9.17) is 18.9 Å². The molecule has 0 aromatic heterocycles. The van der Waals surface area contributed by atoms with Crippen molar-refractivity contribution < 1.29 is 33.6 Å². The number of ketones is 1. The van der Waals surface area contributed by atoms with Crippen LogP contribution in [0.1, 0.15) is 19.4 Å². The maximum Gasteiger partial charge on any atom is 0.414 e. The van der Waals surface area contributed by atoms with Gasteiger partial charge in [0.05, 0.1) is 20.8 Å². The highest BCUT2D eigenvalue weighted by Crippen LogP contribution is 2.42. The molecular formula is C16H19NO7. The second-order valence-electron chi connectivity index (χ2n) is 5.05. The summed E-state index contributed by atoms with van der Waals surface area (Å²) in [7, 11) is 2.94. The molecule has 8 heteroatoms. The molecule has 8 nitrogen and oxygen atoms in total. The lowest BCUT2D eigenvalue weighted by atomic mass is 9.90. The van der Waals surface area contributed by atoms with Gasteiger partial charge in [-0.3, -0.25) is 10.1 Å². The molecular weight excluding hydrogens is 318 g/mol. The third kappa shape index (κ3) is 2.94. The summed E-state index contributed by atoms with van der Waals surface area (Å²) in [4.78, 5) is 24.0. The van der Waals surface area contributed by atoms with Crippen molar-refractivity contribution in [2.75, 3.05) is 20.8 Å². The summed E-state index contributed by atoms with van der Waals surface area (Å²) in [5, 5.41) is 12.2. The summed E-state index contributed by atoms with van der Waals surface area (Å²) in [5.41, 5.74) is -1.18. The molecule has 0 saturated carbocycles. The Morgan fingerprint density at radius 3 is 2.62 bits per heavy atom. The van der Waals surface area contributed by atoms with Gasteiger partial charge < -0.3 is 24.1 Å². The van der Waals surface area contributed by atoms with E-state index in [0.29, 0.717) is 17.1 Å². The van der Waals surface area contributed by atoms with E-state index in [9.17, 15) is 14.7 Å². The van der Waals surface area contributed by atoms with Crippen LogP contribution >= 0.6 is 0 Å². The van der Waals surface area contributed by atoms with E-state index < -0.39 is 23.2 Å². The van der Waals surface area contributed by atoms with E-state index in [1.807, 2.05) is 0 Å². The van der Waals surface area contributed by atoms with Gasteiger partial charge in [0.25, 0.3) is 5.78 Å². The highest BCUT2D eigenvalue weighted by molar-refractivity contribution is 6.03. The molecule has 0 fully saturated rings. The van der Waals surface area contributed by atoms with Crippen LogP contribution in [-0.4, -0.2) is 37.8 Å². The van der Waals surface area contributed by atoms with E-state index in [1.165, 1.54) is 21.1 Å². The summed E-state index contributed by atoms with van der Waals surface area (Å²) in [6.07, 6.45) is -0.835. The number of carbonyl (C=O) groups is 2. The van der Waals surface area contributed by atoms with Crippen LogP contribution in [0.4, 0.5) is 4.79 Å². The van der Waals surface area contributed by atoms with Gasteiger partial charge in [-0.2, -0.15) is 0 Å². The molecule has 1 aliphatic rings. The smallest absolute Gasteiger partial charge is 0.414 e. The van der Waals surface area contributed by atoms with Gasteiger partial charge in [0.2, 0.25) is 17.2 Å². The minimum absolute atomic E-state index is 0.136. The van der Waals surface area contributed by atoms with Crippen LogP contribution in [0.25, 0.3) is 0 Å². The molecule has 0 bridgehead atoms. The molecule has 2 N–H and O–H groups in total. The van der Waals surface area contributed by atoms with Gasteiger partial charge in [-0.25, -0.2) is 4.79 Å². The van der Waals surface area contributed by atoms with Crippen LogP contribution in [-0.2, 0) is 19.9 Å². The number of benzene rings is 1. The Labute approximate surface area is 139 Å². The van der Waals surface area contributed by atoms with Gasteiger partial charge in [0, 0.05) is 11.6 Å². The summed E-state index contributed by atoms with van der Waals surface area (Å²) in [6, 6.07) is 4.81. The molecule has 1 aromatic rings. The van der Waals surface area contributed by atoms with Crippen molar-refractivity contribution in [1.82, 2.24) is 5.32 Å². The van der Waals surface area contributed by atoms with Crippen LogP contribution in [0.5, 0.6) is 11.5 Å². The molecule has 1 aliphatic heterocycles. The van der Waals surface area contributed by atoms with Gasteiger partial charge in [0.15, 0.2) is 0 Å². The van der Waals surface area contributed by atoms with E-state index in [1.54, 1.807) is 25.1 Å². The molecule has 130 valence electrons. The van der Waals surface area contributed by atoms with Crippen LogP contribution < -0.4 is 14.8 Å². The predicted octanol–water partition coefficient (Wildman–Crippen LogP) is 1.99. The normalized spacial score (nSPS) is 19.8. The molecule has 0 aliphatic carbocycles. The van der Waals surface area contributed by atoms with E-state index in [-0.39, 0.29) is 12.5 Å². The number of hydrogen-bond donors (Lipinski definition) is 2. The number of Topliss-reactive ketones (excluding diaryl/α,β-unsaturated/α-hetero) is 1. The largest absolute Gasteiger partial charge is 0.501 e. The van der Waals surface area contributed by atoms with Gasteiger partial charge in [-0.05, 0) is 26.0 Å². The van der Waals surface area contributed by atoms with Gasteiger partial charge in [-0.1, -0.05) is 0 Å². The van der Waals surface area contributed by atoms with Gasteiger partial charge >= 0.3 is 6.09 Å². The topological polar surface area (TPSA) is 103 Å². The van der Waals surface area contributed by atoms with Gasteiger partial charge in [-0.15, -0.1) is 0 Å². The fourth-order valence-corrected chi connectivity index (χ4v) is 2.34. The zero-order valence-corrected chi connectivity index (χ0v) is 13.8. The molecule has 1 amide bonds. The Kier molecular flexibility index (Phi) is 4.87. The van der Waals surface area contributed by atoms with Crippen molar-refractivity contribution in [2.45, 2.75) is 19.4 Å². The SMILES string of the molecule is CCOC(=O)NC1=C(O)C(=O)C(C)(c2ccc(OC)cc2OC)O1. The minimum atomic E-state index is -1.56. The monoisotopic (exact) mass is 337 g/mol. The molecule has 2 rings (SSSR count). The quantitative estimate of drug-likeness (QED) is 0.847. The number of carbonyl (C=O) groups excluding carboxylic acids is 2. The number of rotatable bonds is 5. The summed E-state index contributed by atoms with van der Waals surface area (Å²) in [6.45, 7) is 3.23. The van der Waals surface area contributed by atoms with E-state index >= 15 is 0 Å². The Morgan fingerprint density at radius 1 is 1.33 bits per heavy atom. The number of alkyl carbamates (subject to hydrolysis) is 1. The Morgan fingerprint density at radius 2 is 2.04 bits per heavy atom. The number of aliphatic hydroxyl groups is 1. The number of amides is 1. The van der Waals surface area contributed by atoms with Crippen molar-refractivity contribution in [3.63, 3.8) is 0 Å². The van der Waals surface area contributed by atoms with Crippen molar-refractivity contribution >= 4 is 11.9 Å². The average Bonchev–Trinajstić information content (AvgIpc) is 2.79. The maximum absolute atomic E-state index is 12.5. The zero-order chi connectivity index (χ0) is 17.9. The average molecular weight is 337 g/mol. The van der Waals surface area contributed by atoms with E-state index in [0.717, 1.165) is 0 Å². The Bertz CT molecular complexity index is 698. The molecule has 24 heavy (non-hydrogen) atoms. The number of ether oxygens (including phenoxy) is 4. The summed E-state index contributed by atoms with van der Waals surface area (Å²) in [5.74, 6) is -0.887. The van der Waals surface area contributed by atoms with Crippen LogP contribution in [0.15, 0.2) is 29.8 Å². The standard InChI is InChI=1S/C16H19NO7/c1-5-23-15(20)17-14-12(18)13(19)16(2,24-14)10-7-6-9(21-3)8-11(10)22-4/h6-8,18H,5H2,1-4H3,(H,17,20). The fourth-order valence-electron chi connectivity index (χ4n) is 2.34. The van der Waals surface area contributed by atoms with Crippen molar-refractivity contribution in [1.29, 1.82) is 0 Å². The van der Waals surface area contributed by atoms with Crippen molar-refractivity contribution in [2.24, 2.45) is 0 Å². The molecule has 0 spiro atoms. The van der Waals surface area contributed by atoms with E-state index in [2.05, 4.69) is 5.32 Å². The second-order valence-corrected chi connectivity index (χ2v) is 5.05. The minimum Gasteiger partial charge on any atom is -0.501 e. The molecule has 1 aromatic carbocycles. The lowest BCUT2D eigenvalue weighted by Gasteiger charge is -2.25. The molecule has 0 radical (unpaired) electrons. The Hall–Kier alpha value is -2.90. The van der Waals surface area contributed by atoms with Crippen molar-refractivity contribution in [3.8, 4) is 11.5 Å². The zero-order valence-electron chi connectivity index (χ0n) is 13.8. The predicted molar refractivity (Wildman–Crippen MR) is 82.8 cm³/mol. The molecule has 1 unspecified atom stereocenters. The summed E-state index contributed by atoms with van der Waals surface area (Å²) >= 11 is 0. The highest BCUT2D eigenvalue weighted by atomic mass is 16.6. The lowest BCUT2D eigenvalue weighted by Crippen LogP contribution is -2.33. The first kappa shape index (κ1) is 17.5. The Balaban J connectivity index is 2.35. The molecule has 0 saturated heterocycles. The molecule has 1 heterocycles. The third-order valence-electron chi connectivity index (χ3n) is 3.58. The first-order chi connectivity index (χ1) is 11.4. The lowest BCUT2D eigenvalue weighted by molar-refractivity contribution is -0.131. The highest BCUT2D eigenvalue weighted by Gasteiger charge is 2.50. The first-order valence-corrected chi connectivity index (χ1v) is 7.20. The van der Waals surface area contributed by atoms with Crippen LogP contribution in [0.3, 0.4) is 0 Å². The number of methoxy groups -OCH3 is 2. The molecule has 1 atom stereocenters. The van der Waals surface area contributed by atoms with Crippen LogP contribution in [0, 0.1) is 0 Å². The fraction of sp³-hybridized carbons (Fsp3) is 0.375. The third-order valence-corrected chi connectivity index (χ3v) is 3.58. The number of aliphatic hydroxyl groups excluding tert-OH is 1. The first-order valence-electron chi connectivity index (χ1n) is 7.20. The maximum atomic E-state index is 12.5. The van der Waals surface area contributed by atoms with Crippen molar-refractivity contribution in [3.05, 3.63) is 35.4 Å². The van der Waals surface area contributed by atoms with Gasteiger partial charge in [0.1, 0.15) is 11.5 Å². The second kappa shape index (κ2) is 6.69. The summed E-state index contributed by atoms with van der Waals surface area (Å²) < 4.78 is 20.6.